The van der Waals surface area contributed by atoms with Gasteiger partial charge in [-0.25, -0.2) is 0 Å². The highest BCUT2D eigenvalue weighted by molar-refractivity contribution is 7.99. The van der Waals surface area contributed by atoms with Gasteiger partial charge in [-0.1, -0.05) is 0 Å². The molecule has 1 heterocycles. The Balaban J connectivity index is 2.00. The molecule has 0 saturated heterocycles. The minimum atomic E-state index is 0.143. The predicted octanol–water partition coefficient (Wildman–Crippen LogP) is 4.02. The summed E-state index contributed by atoms with van der Waals surface area (Å²) in [4.78, 5) is 12.3. The summed E-state index contributed by atoms with van der Waals surface area (Å²) in [6, 6.07) is 7.60. The second-order valence-corrected chi connectivity index (χ2v) is 5.62. The summed E-state index contributed by atoms with van der Waals surface area (Å²) in [5.41, 5.74) is 2.71. The molecule has 3 nitrogen and oxygen atoms in total. The molecular formula is C16H18O3S. The Kier molecular flexibility index (Phi) is 4.90. The lowest BCUT2D eigenvalue weighted by Crippen LogP contribution is -2.06. The SMILES string of the molecule is COc1cc(C)c(C(=O)CSCc2ccco2)cc1C. The molecule has 0 N–H and O–H groups in total. The van der Waals surface area contributed by atoms with E-state index in [2.05, 4.69) is 0 Å². The van der Waals surface area contributed by atoms with E-state index >= 15 is 0 Å². The van der Waals surface area contributed by atoms with E-state index in [0.29, 0.717) is 11.5 Å². The summed E-state index contributed by atoms with van der Waals surface area (Å²) in [5, 5.41) is 0. The van der Waals surface area contributed by atoms with Crippen LogP contribution in [-0.4, -0.2) is 18.6 Å². The van der Waals surface area contributed by atoms with Gasteiger partial charge < -0.3 is 9.15 Å². The summed E-state index contributed by atoms with van der Waals surface area (Å²) in [6.07, 6.45) is 1.65. The first-order chi connectivity index (χ1) is 9.61. The second-order valence-electron chi connectivity index (χ2n) is 4.63. The van der Waals surface area contributed by atoms with Gasteiger partial charge in [0.15, 0.2) is 5.78 Å². The van der Waals surface area contributed by atoms with Crippen LogP contribution < -0.4 is 4.74 Å². The van der Waals surface area contributed by atoms with Crippen molar-refractivity contribution in [1.29, 1.82) is 0 Å². The fourth-order valence-electron chi connectivity index (χ4n) is 2.03. The van der Waals surface area contributed by atoms with Crippen molar-refractivity contribution in [2.24, 2.45) is 0 Å². The van der Waals surface area contributed by atoms with Crippen LogP contribution in [0.4, 0.5) is 0 Å². The van der Waals surface area contributed by atoms with Crippen LogP contribution in [0.5, 0.6) is 5.75 Å². The maximum Gasteiger partial charge on any atom is 0.173 e. The number of carbonyl (C=O) groups excluding carboxylic acids is 1. The zero-order valence-electron chi connectivity index (χ0n) is 11.9. The van der Waals surface area contributed by atoms with Crippen LogP contribution in [0.1, 0.15) is 27.2 Å². The monoisotopic (exact) mass is 290 g/mol. The van der Waals surface area contributed by atoms with Crippen LogP contribution in [0.25, 0.3) is 0 Å². The second kappa shape index (κ2) is 6.66. The maximum absolute atomic E-state index is 12.3. The molecular weight excluding hydrogens is 272 g/mol. The number of ketones is 1. The Bertz CT molecular complexity index is 588. The molecule has 4 heteroatoms. The molecule has 0 atom stereocenters. The number of carbonyl (C=O) groups is 1. The van der Waals surface area contributed by atoms with Crippen LogP contribution in [0.15, 0.2) is 34.9 Å². The number of benzene rings is 1. The number of ether oxygens (including phenoxy) is 1. The molecule has 1 aromatic carbocycles. The van der Waals surface area contributed by atoms with Gasteiger partial charge in [-0.15, -0.1) is 11.8 Å². The van der Waals surface area contributed by atoms with Crippen LogP contribution >= 0.6 is 11.8 Å². The van der Waals surface area contributed by atoms with Gasteiger partial charge in [0, 0.05) is 5.56 Å². The summed E-state index contributed by atoms with van der Waals surface area (Å²) < 4.78 is 10.5. The average molecular weight is 290 g/mol. The molecule has 0 saturated carbocycles. The van der Waals surface area contributed by atoms with Crippen molar-refractivity contribution < 1.29 is 13.9 Å². The number of methoxy groups -OCH3 is 1. The maximum atomic E-state index is 12.3. The summed E-state index contributed by atoms with van der Waals surface area (Å²) in [7, 11) is 1.64. The Hall–Kier alpha value is -1.68. The first kappa shape index (κ1) is 14.7. The third kappa shape index (κ3) is 3.45. The first-order valence-electron chi connectivity index (χ1n) is 6.40. The van der Waals surface area contributed by atoms with E-state index in [1.165, 1.54) is 0 Å². The third-order valence-corrected chi connectivity index (χ3v) is 4.05. The van der Waals surface area contributed by atoms with Gasteiger partial charge in [0.05, 0.1) is 24.9 Å². The standard InChI is InChI=1S/C16H18O3S/c1-11-8-16(18-3)12(2)7-14(11)15(17)10-20-9-13-5-4-6-19-13/h4-8H,9-10H2,1-3H3. The molecule has 2 rings (SSSR count). The van der Waals surface area contributed by atoms with E-state index in [-0.39, 0.29) is 5.78 Å². The van der Waals surface area contributed by atoms with E-state index in [1.807, 2.05) is 38.1 Å². The number of hydrogen-bond donors (Lipinski definition) is 0. The largest absolute Gasteiger partial charge is 0.496 e. The zero-order chi connectivity index (χ0) is 14.5. The van der Waals surface area contributed by atoms with Gasteiger partial charge in [0.1, 0.15) is 11.5 Å². The van der Waals surface area contributed by atoms with E-state index < -0.39 is 0 Å². The molecule has 0 amide bonds. The average Bonchev–Trinajstić information content (AvgIpc) is 2.94. The van der Waals surface area contributed by atoms with Crippen molar-refractivity contribution in [2.45, 2.75) is 19.6 Å². The fourth-order valence-corrected chi connectivity index (χ4v) is 2.84. The lowest BCUT2D eigenvalue weighted by Gasteiger charge is -2.10. The van der Waals surface area contributed by atoms with Gasteiger partial charge in [0.2, 0.25) is 0 Å². The van der Waals surface area contributed by atoms with Gasteiger partial charge >= 0.3 is 0 Å². The molecule has 0 fully saturated rings. The molecule has 1 aromatic heterocycles. The topological polar surface area (TPSA) is 39.4 Å². The minimum absolute atomic E-state index is 0.143. The molecule has 0 radical (unpaired) electrons. The zero-order valence-corrected chi connectivity index (χ0v) is 12.8. The number of hydrogen-bond acceptors (Lipinski definition) is 4. The Morgan fingerprint density at radius 2 is 2.10 bits per heavy atom. The lowest BCUT2D eigenvalue weighted by atomic mass is 10.0. The Morgan fingerprint density at radius 3 is 2.75 bits per heavy atom. The van der Waals surface area contributed by atoms with Crippen LogP contribution in [0.2, 0.25) is 0 Å². The van der Waals surface area contributed by atoms with E-state index in [4.69, 9.17) is 9.15 Å². The minimum Gasteiger partial charge on any atom is -0.496 e. The highest BCUT2D eigenvalue weighted by Crippen LogP contribution is 2.24. The van der Waals surface area contributed by atoms with E-state index in [9.17, 15) is 4.79 Å². The van der Waals surface area contributed by atoms with Crippen molar-refractivity contribution in [2.75, 3.05) is 12.9 Å². The van der Waals surface area contributed by atoms with Gasteiger partial charge in [-0.3, -0.25) is 4.79 Å². The van der Waals surface area contributed by atoms with Crippen LogP contribution in [0, 0.1) is 13.8 Å². The molecule has 0 aliphatic rings. The molecule has 0 spiro atoms. The molecule has 106 valence electrons. The number of thioether (sulfide) groups is 1. The number of furan rings is 1. The normalized spacial score (nSPS) is 10.6. The lowest BCUT2D eigenvalue weighted by molar-refractivity contribution is 0.102. The van der Waals surface area contributed by atoms with Crippen molar-refractivity contribution in [1.82, 2.24) is 0 Å². The number of aryl methyl sites for hydroxylation is 2. The molecule has 0 aliphatic heterocycles. The van der Waals surface area contributed by atoms with E-state index in [1.54, 1.807) is 25.1 Å². The highest BCUT2D eigenvalue weighted by Gasteiger charge is 2.12. The summed E-state index contributed by atoms with van der Waals surface area (Å²) >= 11 is 1.56. The van der Waals surface area contributed by atoms with Crippen molar-refractivity contribution in [3.05, 3.63) is 53.0 Å². The van der Waals surface area contributed by atoms with Crippen molar-refractivity contribution in [3.8, 4) is 5.75 Å². The van der Waals surface area contributed by atoms with Gasteiger partial charge in [-0.05, 0) is 49.2 Å². The van der Waals surface area contributed by atoms with Gasteiger partial charge in [0.25, 0.3) is 0 Å². The summed E-state index contributed by atoms with van der Waals surface area (Å²) in [6.45, 7) is 3.89. The predicted molar refractivity (Wildman–Crippen MR) is 81.7 cm³/mol. The fraction of sp³-hybridized carbons (Fsp3) is 0.312. The number of Topliss-reactive ketones (excluding diaryl/α,β-unsaturated/α-hetero) is 1. The van der Waals surface area contributed by atoms with Crippen LogP contribution in [-0.2, 0) is 5.75 Å². The van der Waals surface area contributed by atoms with Crippen molar-refractivity contribution >= 4 is 17.5 Å². The molecule has 20 heavy (non-hydrogen) atoms. The van der Waals surface area contributed by atoms with E-state index in [0.717, 1.165) is 28.2 Å². The smallest absolute Gasteiger partial charge is 0.173 e. The summed E-state index contributed by atoms with van der Waals surface area (Å²) in [5.74, 6) is 3.03. The highest BCUT2D eigenvalue weighted by atomic mass is 32.2. The number of rotatable bonds is 6. The Morgan fingerprint density at radius 1 is 1.30 bits per heavy atom. The van der Waals surface area contributed by atoms with Crippen molar-refractivity contribution in [3.63, 3.8) is 0 Å². The molecule has 0 bridgehead atoms. The molecule has 2 aromatic rings. The molecule has 0 unspecified atom stereocenters. The quantitative estimate of drug-likeness (QED) is 0.753. The Labute approximate surface area is 123 Å². The van der Waals surface area contributed by atoms with Gasteiger partial charge in [-0.2, -0.15) is 0 Å². The first-order valence-corrected chi connectivity index (χ1v) is 7.56. The third-order valence-electron chi connectivity index (χ3n) is 3.10. The molecule has 0 aliphatic carbocycles. The van der Waals surface area contributed by atoms with Crippen LogP contribution in [0.3, 0.4) is 0 Å².